The molecule has 2 N–H and O–H groups in total. The first-order valence-electron chi connectivity index (χ1n) is 11.0. The summed E-state index contributed by atoms with van der Waals surface area (Å²) in [5, 5.41) is 14.1. The number of nitrogens with one attached hydrogen (secondary N) is 1. The highest BCUT2D eigenvalue weighted by Crippen LogP contribution is 2.38. The van der Waals surface area contributed by atoms with Gasteiger partial charge in [-0.3, -0.25) is 0 Å². The van der Waals surface area contributed by atoms with Crippen molar-refractivity contribution in [2.45, 2.75) is 19.2 Å². The zero-order valence-electron chi connectivity index (χ0n) is 19.2. The maximum Gasteiger partial charge on any atom is 0.175 e. The lowest BCUT2D eigenvalue weighted by Gasteiger charge is -2.21. The third kappa shape index (κ3) is 5.94. The van der Waals surface area contributed by atoms with Gasteiger partial charge in [0, 0.05) is 13.1 Å². The smallest absolute Gasteiger partial charge is 0.175 e. The van der Waals surface area contributed by atoms with Crippen LogP contribution >= 0.6 is 15.9 Å². The van der Waals surface area contributed by atoms with Crippen LogP contribution in [0, 0.1) is 0 Å². The number of methoxy groups -OCH3 is 2. The second-order valence-electron chi connectivity index (χ2n) is 7.79. The molecular formula is C26H28BrNO6. The van der Waals surface area contributed by atoms with Crippen LogP contribution < -0.4 is 29.0 Å². The predicted octanol–water partition coefficient (Wildman–Crippen LogP) is 4.64. The van der Waals surface area contributed by atoms with Gasteiger partial charge in [-0.05, 0) is 69.0 Å². The molecular weight excluding hydrogens is 502 g/mol. The molecule has 0 aromatic heterocycles. The van der Waals surface area contributed by atoms with Crippen molar-refractivity contribution >= 4 is 15.9 Å². The standard InChI is InChI=1S/C26H28BrNO6/c1-30-20-6-3-17(4-7-20)14-28-15-18-11-21(27)26(25(12-18)31-2)34-16-22(29)19-5-8-23-24(13-19)33-10-9-32-23/h3-8,11-13,22,28-29H,9-10,14-16H2,1-2H3. The van der Waals surface area contributed by atoms with Crippen molar-refractivity contribution in [1.82, 2.24) is 5.32 Å². The molecule has 0 bridgehead atoms. The van der Waals surface area contributed by atoms with Crippen LogP contribution in [-0.4, -0.2) is 39.1 Å². The first kappa shape index (κ1) is 24.2. The summed E-state index contributed by atoms with van der Waals surface area (Å²) in [5.74, 6) is 3.28. The van der Waals surface area contributed by atoms with Gasteiger partial charge in [0.15, 0.2) is 23.0 Å². The van der Waals surface area contributed by atoms with Crippen LogP contribution in [0.25, 0.3) is 0 Å². The van der Waals surface area contributed by atoms with Crippen LogP contribution in [0.2, 0.25) is 0 Å². The van der Waals surface area contributed by atoms with Crippen LogP contribution in [0.4, 0.5) is 0 Å². The van der Waals surface area contributed by atoms with Crippen LogP contribution in [0.15, 0.2) is 59.1 Å². The summed E-state index contributed by atoms with van der Waals surface area (Å²) in [7, 11) is 3.26. The number of hydrogen-bond acceptors (Lipinski definition) is 7. The number of halogens is 1. The Kier molecular flexibility index (Phi) is 8.16. The summed E-state index contributed by atoms with van der Waals surface area (Å²) in [6.07, 6.45) is -0.835. The van der Waals surface area contributed by atoms with Crippen molar-refractivity contribution in [2.75, 3.05) is 34.0 Å². The van der Waals surface area contributed by atoms with Crippen LogP contribution in [0.1, 0.15) is 22.8 Å². The molecule has 34 heavy (non-hydrogen) atoms. The minimum atomic E-state index is -0.835. The molecule has 4 rings (SSSR count). The van der Waals surface area contributed by atoms with Gasteiger partial charge in [0.1, 0.15) is 31.7 Å². The lowest BCUT2D eigenvalue weighted by atomic mass is 10.1. The Balaban J connectivity index is 1.36. The number of rotatable bonds is 10. The van der Waals surface area contributed by atoms with E-state index in [1.165, 1.54) is 5.56 Å². The van der Waals surface area contributed by atoms with Gasteiger partial charge in [-0.2, -0.15) is 0 Å². The summed E-state index contributed by atoms with van der Waals surface area (Å²) in [5.41, 5.74) is 2.90. The summed E-state index contributed by atoms with van der Waals surface area (Å²) < 4.78 is 28.6. The molecule has 1 aliphatic heterocycles. The molecule has 1 heterocycles. The number of hydrogen-bond donors (Lipinski definition) is 2. The number of ether oxygens (including phenoxy) is 5. The normalized spacial score (nSPS) is 13.3. The molecule has 0 amide bonds. The van der Waals surface area contributed by atoms with Crippen LogP contribution in [0.5, 0.6) is 28.7 Å². The van der Waals surface area contributed by atoms with E-state index in [0.717, 1.165) is 22.3 Å². The molecule has 0 aliphatic carbocycles. The van der Waals surface area contributed by atoms with E-state index in [1.807, 2.05) is 42.5 Å². The minimum absolute atomic E-state index is 0.0592. The molecule has 0 saturated heterocycles. The summed E-state index contributed by atoms with van der Waals surface area (Å²) in [4.78, 5) is 0. The second kappa shape index (κ2) is 11.5. The van der Waals surface area contributed by atoms with E-state index in [2.05, 4.69) is 21.2 Å². The molecule has 3 aromatic carbocycles. The Morgan fingerprint density at radius 3 is 2.38 bits per heavy atom. The minimum Gasteiger partial charge on any atom is -0.497 e. The summed E-state index contributed by atoms with van der Waals surface area (Å²) in [6.45, 7) is 2.46. The average Bonchev–Trinajstić information content (AvgIpc) is 2.87. The van der Waals surface area contributed by atoms with E-state index >= 15 is 0 Å². The Bertz CT molecular complexity index is 1110. The molecule has 8 heteroatoms. The zero-order chi connectivity index (χ0) is 23.9. The molecule has 0 saturated carbocycles. The fraction of sp³-hybridized carbons (Fsp3) is 0.308. The van der Waals surface area contributed by atoms with Crippen LogP contribution in [-0.2, 0) is 13.1 Å². The largest absolute Gasteiger partial charge is 0.497 e. The van der Waals surface area contributed by atoms with Crippen molar-refractivity contribution in [3.8, 4) is 28.7 Å². The third-order valence-corrected chi connectivity index (χ3v) is 6.03. The van der Waals surface area contributed by atoms with Gasteiger partial charge in [-0.15, -0.1) is 0 Å². The van der Waals surface area contributed by atoms with Gasteiger partial charge in [-0.25, -0.2) is 0 Å². The fourth-order valence-electron chi connectivity index (χ4n) is 3.64. The second-order valence-corrected chi connectivity index (χ2v) is 8.64. The van der Waals surface area contributed by atoms with Crippen molar-refractivity contribution in [3.05, 3.63) is 75.8 Å². The lowest BCUT2D eigenvalue weighted by Crippen LogP contribution is -2.16. The lowest BCUT2D eigenvalue weighted by molar-refractivity contribution is 0.105. The molecule has 1 aliphatic rings. The molecule has 180 valence electrons. The van der Waals surface area contributed by atoms with E-state index in [4.69, 9.17) is 23.7 Å². The summed E-state index contributed by atoms with van der Waals surface area (Å²) in [6, 6.07) is 17.3. The third-order valence-electron chi connectivity index (χ3n) is 5.44. The van der Waals surface area contributed by atoms with Crippen molar-refractivity contribution < 1.29 is 28.8 Å². The van der Waals surface area contributed by atoms with Gasteiger partial charge < -0.3 is 34.1 Å². The van der Waals surface area contributed by atoms with Crippen molar-refractivity contribution in [1.29, 1.82) is 0 Å². The highest BCUT2D eigenvalue weighted by atomic mass is 79.9. The SMILES string of the molecule is COc1ccc(CNCc2cc(Br)c(OCC(O)c3ccc4c(c3)OCCO4)c(OC)c2)cc1. The molecule has 7 nitrogen and oxygen atoms in total. The number of benzene rings is 3. The Morgan fingerprint density at radius 1 is 0.912 bits per heavy atom. The zero-order valence-corrected chi connectivity index (χ0v) is 20.8. The monoisotopic (exact) mass is 529 g/mol. The van der Waals surface area contributed by atoms with Gasteiger partial charge in [0.2, 0.25) is 0 Å². The predicted molar refractivity (Wildman–Crippen MR) is 132 cm³/mol. The number of fused-ring (bicyclic) bond motifs is 1. The number of aliphatic hydroxyl groups excluding tert-OH is 1. The maximum absolute atomic E-state index is 10.7. The van der Waals surface area contributed by atoms with Gasteiger partial charge >= 0.3 is 0 Å². The van der Waals surface area contributed by atoms with Crippen molar-refractivity contribution in [2.24, 2.45) is 0 Å². The van der Waals surface area contributed by atoms with Crippen molar-refractivity contribution in [3.63, 3.8) is 0 Å². The maximum atomic E-state index is 10.7. The average molecular weight is 530 g/mol. The highest BCUT2D eigenvalue weighted by Gasteiger charge is 2.18. The summed E-state index contributed by atoms with van der Waals surface area (Å²) >= 11 is 3.58. The van der Waals surface area contributed by atoms with E-state index in [1.54, 1.807) is 26.4 Å². The van der Waals surface area contributed by atoms with Gasteiger partial charge in [0.05, 0.1) is 18.7 Å². The molecule has 1 atom stereocenters. The molecule has 0 radical (unpaired) electrons. The van der Waals surface area contributed by atoms with E-state index < -0.39 is 6.10 Å². The fourth-order valence-corrected chi connectivity index (χ4v) is 4.24. The molecule has 0 fully saturated rings. The van der Waals surface area contributed by atoms with Gasteiger partial charge in [-0.1, -0.05) is 18.2 Å². The Labute approximate surface area is 207 Å². The number of aliphatic hydroxyl groups is 1. The van der Waals surface area contributed by atoms with E-state index in [9.17, 15) is 5.11 Å². The van der Waals surface area contributed by atoms with Gasteiger partial charge in [0.25, 0.3) is 0 Å². The Hall–Kier alpha value is -2.94. The van der Waals surface area contributed by atoms with E-state index in [0.29, 0.717) is 48.3 Å². The molecule has 3 aromatic rings. The molecule has 1 unspecified atom stereocenters. The molecule has 0 spiro atoms. The first-order valence-corrected chi connectivity index (χ1v) is 11.8. The Morgan fingerprint density at radius 2 is 1.65 bits per heavy atom. The first-order chi connectivity index (χ1) is 16.6. The highest BCUT2D eigenvalue weighted by molar-refractivity contribution is 9.10. The topological polar surface area (TPSA) is 78.4 Å². The van der Waals surface area contributed by atoms with E-state index in [-0.39, 0.29) is 6.61 Å². The quantitative estimate of drug-likeness (QED) is 0.396. The van der Waals surface area contributed by atoms with Crippen LogP contribution in [0.3, 0.4) is 0 Å².